The molecule has 3 rings (SSSR count). The van der Waals surface area contributed by atoms with E-state index in [1.54, 1.807) is 18.6 Å². The molecule has 0 radical (unpaired) electrons. The van der Waals surface area contributed by atoms with Crippen LogP contribution in [0.1, 0.15) is 0 Å². The third-order valence-electron chi connectivity index (χ3n) is 4.34. The Morgan fingerprint density at radius 2 is 2.10 bits per heavy atom. The van der Waals surface area contributed by atoms with Crippen LogP contribution in [0.15, 0.2) is 36.9 Å². The van der Waals surface area contributed by atoms with E-state index in [1.807, 2.05) is 34.8 Å². The van der Waals surface area contributed by atoms with E-state index in [9.17, 15) is 8.42 Å². The van der Waals surface area contributed by atoms with Crippen molar-refractivity contribution in [2.24, 2.45) is 0 Å². The minimum absolute atomic E-state index is 0.0830. The standard InChI is InChI=1S/C18H21Cl2N5O3S/c1-24(7-6-22-29(26,27)10-9-28-2)16-11-15(25-8-5-21-12-25)13-3-4-14(19)17(20)18(13)23-16/h3-5,8,11-12,22H,6-7,9-10H2,1-2H3. The molecule has 8 nitrogen and oxygen atoms in total. The zero-order valence-corrected chi connectivity index (χ0v) is 18.3. The summed E-state index contributed by atoms with van der Waals surface area (Å²) in [6.45, 7) is 0.781. The fraction of sp³-hybridized carbons (Fsp3) is 0.333. The average molecular weight is 458 g/mol. The lowest BCUT2D eigenvalue weighted by Crippen LogP contribution is -2.35. The molecule has 1 N–H and O–H groups in total. The number of anilines is 1. The van der Waals surface area contributed by atoms with Crippen LogP contribution in [0.4, 0.5) is 5.82 Å². The lowest BCUT2D eigenvalue weighted by molar-refractivity contribution is 0.217. The maximum Gasteiger partial charge on any atom is 0.213 e. The van der Waals surface area contributed by atoms with Crippen molar-refractivity contribution in [3.05, 3.63) is 47.0 Å². The Kier molecular flexibility index (Phi) is 6.97. The van der Waals surface area contributed by atoms with Crippen LogP contribution in [0.3, 0.4) is 0 Å². The van der Waals surface area contributed by atoms with Crippen molar-refractivity contribution in [2.75, 3.05) is 44.5 Å². The zero-order valence-electron chi connectivity index (χ0n) is 16.0. The van der Waals surface area contributed by atoms with Gasteiger partial charge >= 0.3 is 0 Å². The number of benzene rings is 1. The van der Waals surface area contributed by atoms with Crippen LogP contribution < -0.4 is 9.62 Å². The van der Waals surface area contributed by atoms with Gasteiger partial charge in [0.2, 0.25) is 10.0 Å². The smallest absolute Gasteiger partial charge is 0.213 e. The lowest BCUT2D eigenvalue weighted by Gasteiger charge is -2.21. The number of nitrogens with zero attached hydrogens (tertiary/aromatic N) is 4. The second-order valence-corrected chi connectivity index (χ2v) is 9.07. The van der Waals surface area contributed by atoms with Crippen molar-refractivity contribution in [1.82, 2.24) is 19.3 Å². The van der Waals surface area contributed by atoms with Crippen molar-refractivity contribution >= 4 is 49.9 Å². The predicted molar refractivity (Wildman–Crippen MR) is 116 cm³/mol. The van der Waals surface area contributed by atoms with Gasteiger partial charge in [-0.05, 0) is 12.1 Å². The largest absolute Gasteiger partial charge is 0.384 e. The fourth-order valence-electron chi connectivity index (χ4n) is 2.76. The quantitative estimate of drug-likeness (QED) is 0.531. The first-order valence-corrected chi connectivity index (χ1v) is 11.2. The SMILES string of the molecule is COCCS(=O)(=O)NCCN(C)c1cc(-n2ccnc2)c2ccc(Cl)c(Cl)c2n1. The number of nitrogens with one attached hydrogen (secondary N) is 1. The van der Waals surface area contributed by atoms with Crippen LogP contribution in [-0.2, 0) is 14.8 Å². The van der Waals surface area contributed by atoms with E-state index >= 15 is 0 Å². The minimum Gasteiger partial charge on any atom is -0.384 e. The molecule has 156 valence electrons. The van der Waals surface area contributed by atoms with Crippen LogP contribution in [0.5, 0.6) is 0 Å². The van der Waals surface area contributed by atoms with Gasteiger partial charge in [0.15, 0.2) is 0 Å². The predicted octanol–water partition coefficient (Wildman–Crippen LogP) is 2.73. The van der Waals surface area contributed by atoms with Gasteiger partial charge in [0.25, 0.3) is 0 Å². The number of imidazole rings is 1. The maximum absolute atomic E-state index is 11.9. The molecule has 0 atom stereocenters. The molecule has 0 saturated heterocycles. The number of fused-ring (bicyclic) bond motifs is 1. The van der Waals surface area contributed by atoms with Gasteiger partial charge in [0, 0.05) is 51.1 Å². The summed E-state index contributed by atoms with van der Waals surface area (Å²) in [6.07, 6.45) is 5.19. The molecule has 0 aliphatic carbocycles. The Labute approximate surface area is 179 Å². The summed E-state index contributed by atoms with van der Waals surface area (Å²) in [5.41, 5.74) is 1.40. The molecule has 2 aromatic heterocycles. The Bertz CT molecular complexity index is 1090. The molecule has 3 aromatic rings. The van der Waals surface area contributed by atoms with Crippen molar-refractivity contribution < 1.29 is 13.2 Å². The number of halogens is 2. The second-order valence-electron chi connectivity index (χ2n) is 6.35. The van der Waals surface area contributed by atoms with Gasteiger partial charge in [-0.3, -0.25) is 0 Å². The van der Waals surface area contributed by atoms with E-state index in [0.29, 0.717) is 27.9 Å². The molecule has 29 heavy (non-hydrogen) atoms. The number of hydrogen-bond donors (Lipinski definition) is 1. The molecule has 0 unspecified atom stereocenters. The molecule has 0 bridgehead atoms. The minimum atomic E-state index is -3.39. The van der Waals surface area contributed by atoms with Crippen LogP contribution in [0.25, 0.3) is 16.6 Å². The van der Waals surface area contributed by atoms with Crippen molar-refractivity contribution in [2.45, 2.75) is 0 Å². The second kappa shape index (κ2) is 9.27. The van der Waals surface area contributed by atoms with Gasteiger partial charge in [0.05, 0.1) is 39.9 Å². The summed E-state index contributed by atoms with van der Waals surface area (Å²) in [5, 5.41) is 1.60. The molecule has 0 aliphatic heterocycles. The molecule has 0 spiro atoms. The highest BCUT2D eigenvalue weighted by Gasteiger charge is 2.15. The molecule has 1 aromatic carbocycles. The van der Waals surface area contributed by atoms with Crippen molar-refractivity contribution in [1.29, 1.82) is 0 Å². The van der Waals surface area contributed by atoms with Gasteiger partial charge < -0.3 is 14.2 Å². The molecular weight excluding hydrogens is 437 g/mol. The number of sulfonamides is 1. The molecule has 0 aliphatic rings. The molecule has 0 fully saturated rings. The van der Waals surface area contributed by atoms with Crippen LogP contribution in [-0.4, -0.2) is 62.6 Å². The molecule has 0 amide bonds. The topological polar surface area (TPSA) is 89.4 Å². The van der Waals surface area contributed by atoms with Crippen molar-refractivity contribution in [3.63, 3.8) is 0 Å². The van der Waals surface area contributed by atoms with Crippen LogP contribution >= 0.6 is 23.2 Å². The Morgan fingerprint density at radius 3 is 2.79 bits per heavy atom. The first-order chi connectivity index (χ1) is 13.8. The third kappa shape index (κ3) is 5.18. The number of rotatable bonds is 9. The number of pyridine rings is 1. The number of ether oxygens (including phenoxy) is 1. The Hall–Kier alpha value is -1.91. The van der Waals surface area contributed by atoms with Gasteiger partial charge in [-0.15, -0.1) is 0 Å². The van der Waals surface area contributed by atoms with E-state index in [0.717, 1.165) is 11.1 Å². The van der Waals surface area contributed by atoms with Crippen LogP contribution in [0.2, 0.25) is 10.0 Å². The Balaban J connectivity index is 1.88. The highest BCUT2D eigenvalue weighted by molar-refractivity contribution is 7.89. The summed E-state index contributed by atoms with van der Waals surface area (Å²) in [5.74, 6) is 0.543. The average Bonchev–Trinajstić information content (AvgIpc) is 3.23. The highest BCUT2D eigenvalue weighted by Crippen LogP contribution is 2.34. The Morgan fingerprint density at radius 1 is 1.31 bits per heavy atom. The van der Waals surface area contributed by atoms with Gasteiger partial charge in [-0.2, -0.15) is 0 Å². The van der Waals surface area contributed by atoms with E-state index in [2.05, 4.69) is 14.7 Å². The molecule has 2 heterocycles. The molecule has 11 heteroatoms. The third-order valence-corrected chi connectivity index (χ3v) is 6.48. The highest BCUT2D eigenvalue weighted by atomic mass is 35.5. The van der Waals surface area contributed by atoms with Gasteiger partial charge in [-0.1, -0.05) is 23.2 Å². The monoisotopic (exact) mass is 457 g/mol. The fourth-order valence-corrected chi connectivity index (χ4v) is 4.05. The summed E-state index contributed by atoms with van der Waals surface area (Å²) in [4.78, 5) is 10.6. The van der Waals surface area contributed by atoms with E-state index in [4.69, 9.17) is 27.9 Å². The van der Waals surface area contributed by atoms with E-state index in [-0.39, 0.29) is 18.9 Å². The van der Waals surface area contributed by atoms with Crippen molar-refractivity contribution in [3.8, 4) is 5.69 Å². The summed E-state index contributed by atoms with van der Waals surface area (Å²) < 4.78 is 33.0. The lowest BCUT2D eigenvalue weighted by atomic mass is 10.1. The molecule has 0 saturated carbocycles. The van der Waals surface area contributed by atoms with E-state index in [1.165, 1.54) is 7.11 Å². The number of likely N-dealkylation sites (N-methyl/N-ethyl adjacent to an activating group) is 1. The number of aromatic nitrogens is 3. The first kappa shape index (κ1) is 21.8. The molecular formula is C18H21Cl2N5O3S. The first-order valence-electron chi connectivity index (χ1n) is 8.77. The summed E-state index contributed by atoms with van der Waals surface area (Å²) >= 11 is 12.6. The maximum atomic E-state index is 11.9. The zero-order chi connectivity index (χ0) is 21.0. The van der Waals surface area contributed by atoms with Gasteiger partial charge in [-0.25, -0.2) is 23.1 Å². The normalized spacial score (nSPS) is 11.9. The summed E-state index contributed by atoms with van der Waals surface area (Å²) in [6, 6.07) is 5.49. The van der Waals surface area contributed by atoms with Crippen LogP contribution in [0, 0.1) is 0 Å². The summed E-state index contributed by atoms with van der Waals surface area (Å²) in [7, 11) is -0.0959. The van der Waals surface area contributed by atoms with Gasteiger partial charge in [0.1, 0.15) is 5.82 Å². The number of hydrogen-bond acceptors (Lipinski definition) is 6. The number of methoxy groups -OCH3 is 1. The van der Waals surface area contributed by atoms with E-state index < -0.39 is 10.0 Å².